The van der Waals surface area contributed by atoms with Crippen LogP contribution in [-0.4, -0.2) is 58.6 Å². The molecule has 0 aromatic carbocycles. The number of carbonyl (C=O) groups excluding carboxylic acids is 2. The normalized spacial score (nSPS) is 17.3. The van der Waals surface area contributed by atoms with Gasteiger partial charge in [0, 0.05) is 13.0 Å². The highest BCUT2D eigenvalue weighted by Gasteiger charge is 2.24. The fourth-order valence-corrected chi connectivity index (χ4v) is 1.47. The van der Waals surface area contributed by atoms with Crippen LogP contribution in [0.1, 0.15) is 12.8 Å². The molecule has 2 amide bonds. The third-order valence-electron chi connectivity index (χ3n) is 2.32. The van der Waals surface area contributed by atoms with Crippen molar-refractivity contribution in [2.24, 2.45) is 0 Å². The van der Waals surface area contributed by atoms with Crippen LogP contribution in [0.15, 0.2) is 0 Å². The second-order valence-corrected chi connectivity index (χ2v) is 3.56. The maximum atomic E-state index is 11.3. The Kier molecular flexibility index (Phi) is 4.24. The molecule has 1 atom stereocenters. The van der Waals surface area contributed by atoms with E-state index in [0.717, 1.165) is 0 Å². The van der Waals surface area contributed by atoms with Gasteiger partial charge in [0.15, 0.2) is 0 Å². The van der Waals surface area contributed by atoms with E-state index in [9.17, 15) is 14.4 Å². The van der Waals surface area contributed by atoms with E-state index in [4.69, 9.17) is 10.2 Å². The van der Waals surface area contributed by atoms with Crippen molar-refractivity contribution in [2.75, 3.05) is 19.7 Å². The van der Waals surface area contributed by atoms with Crippen molar-refractivity contribution in [2.45, 2.75) is 18.9 Å². The summed E-state index contributed by atoms with van der Waals surface area (Å²) in [6.45, 7) is -0.305. The van der Waals surface area contributed by atoms with E-state index >= 15 is 0 Å². The number of aliphatic carboxylic acids is 1. The monoisotopic (exact) mass is 230 g/mol. The van der Waals surface area contributed by atoms with Crippen LogP contribution in [0.4, 0.5) is 0 Å². The summed E-state index contributed by atoms with van der Waals surface area (Å²) in [5.41, 5.74) is 0. The van der Waals surface area contributed by atoms with Crippen LogP contribution in [0.25, 0.3) is 0 Å². The van der Waals surface area contributed by atoms with E-state index in [1.807, 2.05) is 0 Å². The number of likely N-dealkylation sites (tertiary alicyclic amines) is 1. The first-order valence-electron chi connectivity index (χ1n) is 4.95. The topological polar surface area (TPSA) is 107 Å². The van der Waals surface area contributed by atoms with Crippen molar-refractivity contribution < 1.29 is 24.6 Å². The second-order valence-electron chi connectivity index (χ2n) is 3.56. The van der Waals surface area contributed by atoms with Gasteiger partial charge in [0.2, 0.25) is 11.8 Å². The molecule has 0 saturated carbocycles. The Morgan fingerprint density at radius 3 is 2.62 bits per heavy atom. The molecule has 0 aromatic heterocycles. The Morgan fingerprint density at radius 1 is 1.50 bits per heavy atom. The standard InChI is InChI=1S/C9H14N2O5/c12-5-6(9(15)16)10-7(13)4-11-3-1-2-8(11)14/h6,12H,1-5H2,(H,10,13)(H,15,16). The third-order valence-corrected chi connectivity index (χ3v) is 2.32. The zero-order chi connectivity index (χ0) is 12.1. The molecule has 90 valence electrons. The van der Waals surface area contributed by atoms with Gasteiger partial charge in [-0.15, -0.1) is 0 Å². The van der Waals surface area contributed by atoms with Crippen molar-refractivity contribution in [3.8, 4) is 0 Å². The molecule has 0 radical (unpaired) electrons. The molecule has 1 aliphatic heterocycles. The lowest BCUT2D eigenvalue weighted by Crippen LogP contribution is -2.47. The lowest BCUT2D eigenvalue weighted by Gasteiger charge is -2.17. The average Bonchev–Trinajstić information content (AvgIpc) is 2.60. The van der Waals surface area contributed by atoms with E-state index in [-0.39, 0.29) is 12.5 Å². The van der Waals surface area contributed by atoms with Gasteiger partial charge in [0.05, 0.1) is 13.2 Å². The number of amides is 2. The van der Waals surface area contributed by atoms with Gasteiger partial charge in [0.1, 0.15) is 6.04 Å². The van der Waals surface area contributed by atoms with Gasteiger partial charge in [-0.25, -0.2) is 4.79 Å². The summed E-state index contributed by atoms with van der Waals surface area (Å²) in [7, 11) is 0. The Morgan fingerprint density at radius 2 is 2.19 bits per heavy atom. The third kappa shape index (κ3) is 3.20. The Bertz CT molecular complexity index is 298. The average molecular weight is 230 g/mol. The minimum Gasteiger partial charge on any atom is -0.480 e. The maximum absolute atomic E-state index is 11.3. The molecule has 1 heterocycles. The first-order valence-corrected chi connectivity index (χ1v) is 4.95. The number of carbonyl (C=O) groups is 3. The van der Waals surface area contributed by atoms with E-state index in [1.165, 1.54) is 4.90 Å². The van der Waals surface area contributed by atoms with Crippen LogP contribution in [0.2, 0.25) is 0 Å². The van der Waals surface area contributed by atoms with Crippen LogP contribution < -0.4 is 5.32 Å². The molecule has 0 spiro atoms. The zero-order valence-electron chi connectivity index (χ0n) is 8.68. The summed E-state index contributed by atoms with van der Waals surface area (Å²) in [5.74, 6) is -1.98. The minimum absolute atomic E-state index is 0.106. The highest BCUT2D eigenvalue weighted by atomic mass is 16.4. The van der Waals surface area contributed by atoms with Crippen molar-refractivity contribution in [1.29, 1.82) is 0 Å². The number of carboxylic acid groups (broad SMARTS) is 1. The predicted molar refractivity (Wildman–Crippen MR) is 52.5 cm³/mol. The van der Waals surface area contributed by atoms with Gasteiger partial charge < -0.3 is 20.4 Å². The van der Waals surface area contributed by atoms with Crippen LogP contribution in [0, 0.1) is 0 Å². The Labute approximate surface area is 92.0 Å². The number of nitrogens with zero attached hydrogens (tertiary/aromatic N) is 1. The molecule has 7 heteroatoms. The number of carboxylic acids is 1. The smallest absolute Gasteiger partial charge is 0.328 e. The summed E-state index contributed by atoms with van der Waals surface area (Å²) >= 11 is 0. The summed E-state index contributed by atoms with van der Waals surface area (Å²) in [4.78, 5) is 34.4. The minimum atomic E-state index is -1.31. The molecule has 0 aromatic rings. The molecule has 1 rings (SSSR count). The van der Waals surface area contributed by atoms with Gasteiger partial charge in [-0.3, -0.25) is 9.59 Å². The molecule has 1 fully saturated rings. The van der Waals surface area contributed by atoms with Gasteiger partial charge >= 0.3 is 5.97 Å². The molecule has 0 aliphatic carbocycles. The molecule has 1 saturated heterocycles. The molecular weight excluding hydrogens is 216 g/mol. The SMILES string of the molecule is O=C(CN1CCCC1=O)NC(CO)C(=O)O. The van der Waals surface area contributed by atoms with Crippen LogP contribution in [-0.2, 0) is 14.4 Å². The summed E-state index contributed by atoms with van der Waals surface area (Å²) in [6, 6.07) is -1.31. The molecule has 7 nitrogen and oxygen atoms in total. The molecular formula is C9H14N2O5. The van der Waals surface area contributed by atoms with Crippen molar-refractivity contribution >= 4 is 17.8 Å². The highest BCUT2D eigenvalue weighted by molar-refractivity contribution is 5.88. The van der Waals surface area contributed by atoms with Crippen molar-refractivity contribution in [1.82, 2.24) is 10.2 Å². The van der Waals surface area contributed by atoms with E-state index in [1.54, 1.807) is 0 Å². The number of rotatable bonds is 5. The zero-order valence-corrected chi connectivity index (χ0v) is 8.68. The van der Waals surface area contributed by atoms with Crippen LogP contribution in [0.5, 0.6) is 0 Å². The maximum Gasteiger partial charge on any atom is 0.328 e. The summed E-state index contributed by atoms with van der Waals surface area (Å²) < 4.78 is 0. The van der Waals surface area contributed by atoms with E-state index < -0.39 is 24.5 Å². The van der Waals surface area contributed by atoms with Gasteiger partial charge in [-0.2, -0.15) is 0 Å². The van der Waals surface area contributed by atoms with Crippen molar-refractivity contribution in [3.05, 3.63) is 0 Å². The van der Waals surface area contributed by atoms with Gasteiger partial charge in [-0.05, 0) is 6.42 Å². The number of hydrogen-bond acceptors (Lipinski definition) is 4. The quantitative estimate of drug-likeness (QED) is 0.515. The number of aliphatic hydroxyl groups is 1. The van der Waals surface area contributed by atoms with E-state index in [0.29, 0.717) is 19.4 Å². The molecule has 0 bridgehead atoms. The molecule has 3 N–H and O–H groups in total. The fourth-order valence-electron chi connectivity index (χ4n) is 1.47. The molecule has 1 aliphatic rings. The van der Waals surface area contributed by atoms with Crippen LogP contribution in [0.3, 0.4) is 0 Å². The molecule has 16 heavy (non-hydrogen) atoms. The van der Waals surface area contributed by atoms with Gasteiger partial charge in [-0.1, -0.05) is 0 Å². The fraction of sp³-hybridized carbons (Fsp3) is 0.667. The first kappa shape index (κ1) is 12.4. The second kappa shape index (κ2) is 5.45. The number of hydrogen-bond donors (Lipinski definition) is 3. The Hall–Kier alpha value is -1.63. The lowest BCUT2D eigenvalue weighted by molar-refractivity contribution is -0.143. The van der Waals surface area contributed by atoms with E-state index in [2.05, 4.69) is 5.32 Å². The summed E-state index contributed by atoms with van der Waals surface area (Å²) in [6.07, 6.45) is 1.14. The lowest BCUT2D eigenvalue weighted by atomic mass is 10.3. The molecule has 1 unspecified atom stereocenters. The van der Waals surface area contributed by atoms with Crippen molar-refractivity contribution in [3.63, 3.8) is 0 Å². The summed E-state index contributed by atoms with van der Waals surface area (Å²) in [5, 5.41) is 19.4. The van der Waals surface area contributed by atoms with Crippen LogP contribution >= 0.6 is 0 Å². The Balaban J connectivity index is 2.40. The number of aliphatic hydroxyl groups excluding tert-OH is 1. The van der Waals surface area contributed by atoms with Gasteiger partial charge in [0.25, 0.3) is 0 Å². The highest BCUT2D eigenvalue weighted by Crippen LogP contribution is 2.08. The predicted octanol–water partition coefficient (Wildman–Crippen LogP) is -1.83. The largest absolute Gasteiger partial charge is 0.480 e. The number of nitrogens with one attached hydrogen (secondary N) is 1. The first-order chi connectivity index (χ1) is 7.54.